The lowest BCUT2D eigenvalue weighted by Crippen LogP contribution is -2.44. The largest absolute Gasteiger partial charge is 0.537 e. The first-order valence-corrected chi connectivity index (χ1v) is 9.87. The fraction of sp³-hybridized carbons (Fsp3) is 0. The van der Waals surface area contributed by atoms with Crippen molar-refractivity contribution in [1.29, 1.82) is 0 Å². The maximum Gasteiger partial charge on any atom is 0.299 e. The highest BCUT2D eigenvalue weighted by Crippen LogP contribution is 2.18. The molecule has 0 aliphatic rings. The van der Waals surface area contributed by atoms with Gasteiger partial charge in [-0.3, -0.25) is 0 Å². The third-order valence-corrected chi connectivity index (χ3v) is 6.66. The highest BCUT2D eigenvalue weighted by Gasteiger charge is 2.20. The SMILES string of the molecule is C=C(O[SiH](c1ccccc1)c1ccccc1)c1ccc(Br)cc1. The third-order valence-electron chi connectivity index (χ3n) is 3.63. The van der Waals surface area contributed by atoms with E-state index in [2.05, 4.69) is 71.0 Å². The Morgan fingerprint density at radius 1 is 0.739 bits per heavy atom. The minimum Gasteiger partial charge on any atom is -0.537 e. The van der Waals surface area contributed by atoms with Crippen LogP contribution in [0, 0.1) is 0 Å². The number of halogens is 1. The van der Waals surface area contributed by atoms with Gasteiger partial charge in [-0.1, -0.05) is 95.3 Å². The maximum absolute atomic E-state index is 6.38. The summed E-state index contributed by atoms with van der Waals surface area (Å²) in [5.41, 5.74) is 1.01. The molecule has 0 heterocycles. The van der Waals surface area contributed by atoms with Crippen LogP contribution in [0.25, 0.3) is 5.76 Å². The first-order valence-electron chi connectivity index (χ1n) is 7.45. The molecule has 0 fully saturated rings. The first kappa shape index (κ1) is 15.8. The summed E-state index contributed by atoms with van der Waals surface area (Å²) in [6.07, 6.45) is 0. The normalized spacial score (nSPS) is 10.5. The van der Waals surface area contributed by atoms with E-state index in [0.717, 1.165) is 15.8 Å². The third kappa shape index (κ3) is 4.00. The van der Waals surface area contributed by atoms with Crippen LogP contribution in [-0.2, 0) is 4.43 Å². The second-order valence-corrected chi connectivity index (χ2v) is 8.49. The molecule has 0 bridgehead atoms. The highest BCUT2D eigenvalue weighted by atomic mass is 79.9. The van der Waals surface area contributed by atoms with E-state index in [0.29, 0.717) is 0 Å². The molecule has 114 valence electrons. The molecule has 0 radical (unpaired) electrons. The Labute approximate surface area is 147 Å². The average molecular weight is 381 g/mol. The van der Waals surface area contributed by atoms with Crippen LogP contribution >= 0.6 is 15.9 Å². The van der Waals surface area contributed by atoms with E-state index in [1.165, 1.54) is 10.4 Å². The fourth-order valence-corrected chi connectivity index (χ4v) is 4.92. The zero-order valence-corrected chi connectivity index (χ0v) is 15.4. The van der Waals surface area contributed by atoms with Crippen molar-refractivity contribution in [2.75, 3.05) is 0 Å². The van der Waals surface area contributed by atoms with E-state index in [9.17, 15) is 0 Å². The summed E-state index contributed by atoms with van der Waals surface area (Å²) >= 11 is 3.46. The molecular weight excluding hydrogens is 364 g/mol. The van der Waals surface area contributed by atoms with Crippen molar-refractivity contribution in [3.8, 4) is 0 Å². The van der Waals surface area contributed by atoms with Gasteiger partial charge in [0.05, 0.1) is 0 Å². The van der Waals surface area contributed by atoms with Crippen molar-refractivity contribution in [2.24, 2.45) is 0 Å². The minimum atomic E-state index is -1.80. The molecule has 3 rings (SSSR count). The van der Waals surface area contributed by atoms with Crippen molar-refractivity contribution in [3.05, 3.63) is 102 Å². The summed E-state index contributed by atoms with van der Waals surface area (Å²) in [5.74, 6) is 0.724. The van der Waals surface area contributed by atoms with E-state index < -0.39 is 9.04 Å². The monoisotopic (exact) mass is 380 g/mol. The Hall–Kier alpha value is -2.10. The molecule has 0 amide bonds. The van der Waals surface area contributed by atoms with E-state index in [-0.39, 0.29) is 0 Å². The van der Waals surface area contributed by atoms with Crippen LogP contribution in [0.1, 0.15) is 5.56 Å². The molecule has 23 heavy (non-hydrogen) atoms. The van der Waals surface area contributed by atoms with Gasteiger partial charge in [-0.05, 0) is 22.5 Å². The van der Waals surface area contributed by atoms with Gasteiger partial charge in [-0.2, -0.15) is 0 Å². The van der Waals surface area contributed by atoms with Gasteiger partial charge in [0.1, 0.15) is 5.76 Å². The maximum atomic E-state index is 6.38. The van der Waals surface area contributed by atoms with Crippen LogP contribution in [0.5, 0.6) is 0 Å². The zero-order valence-electron chi connectivity index (χ0n) is 12.7. The predicted molar refractivity (Wildman–Crippen MR) is 104 cm³/mol. The van der Waals surface area contributed by atoms with Gasteiger partial charge < -0.3 is 4.43 Å². The molecule has 3 heteroatoms. The Kier molecular flexibility index (Phi) is 5.11. The van der Waals surface area contributed by atoms with Crippen molar-refractivity contribution in [1.82, 2.24) is 0 Å². The van der Waals surface area contributed by atoms with Crippen LogP contribution in [0.2, 0.25) is 0 Å². The Morgan fingerprint density at radius 3 is 1.70 bits per heavy atom. The molecule has 0 N–H and O–H groups in total. The van der Waals surface area contributed by atoms with Crippen LogP contribution < -0.4 is 10.4 Å². The van der Waals surface area contributed by atoms with Crippen LogP contribution in [-0.4, -0.2) is 9.04 Å². The van der Waals surface area contributed by atoms with Crippen molar-refractivity contribution >= 4 is 41.1 Å². The average Bonchev–Trinajstić information content (AvgIpc) is 2.61. The van der Waals surface area contributed by atoms with Gasteiger partial charge in [0.15, 0.2) is 0 Å². The van der Waals surface area contributed by atoms with E-state index in [4.69, 9.17) is 4.43 Å². The molecule has 1 nitrogen and oxygen atoms in total. The standard InChI is InChI=1S/C20H17BrOSi/c1-16(17-12-14-18(21)15-13-17)22-23(19-8-4-2-5-9-19)20-10-6-3-7-11-20/h2-15,23H,1H2. The van der Waals surface area contributed by atoms with Gasteiger partial charge in [-0.25, -0.2) is 0 Å². The van der Waals surface area contributed by atoms with Crippen molar-refractivity contribution < 1.29 is 4.43 Å². The molecule has 3 aromatic rings. The van der Waals surface area contributed by atoms with Crippen LogP contribution in [0.3, 0.4) is 0 Å². The molecular formula is C20H17BrOSi. The molecule has 0 unspecified atom stereocenters. The van der Waals surface area contributed by atoms with Gasteiger partial charge >= 0.3 is 0 Å². The summed E-state index contributed by atoms with van der Waals surface area (Å²) in [6, 6.07) is 28.9. The fourth-order valence-electron chi connectivity index (χ4n) is 2.43. The summed E-state index contributed by atoms with van der Waals surface area (Å²) in [7, 11) is -1.80. The van der Waals surface area contributed by atoms with E-state index in [1.54, 1.807) is 0 Å². The predicted octanol–water partition coefficient (Wildman–Crippen LogP) is 3.97. The molecule has 0 saturated carbocycles. The van der Waals surface area contributed by atoms with Gasteiger partial charge in [-0.15, -0.1) is 0 Å². The Morgan fingerprint density at radius 2 is 1.22 bits per heavy atom. The Balaban J connectivity index is 1.90. The van der Waals surface area contributed by atoms with Gasteiger partial charge in [0.2, 0.25) is 0 Å². The molecule has 0 atom stereocenters. The molecule has 0 aliphatic carbocycles. The van der Waals surface area contributed by atoms with Gasteiger partial charge in [0.25, 0.3) is 9.04 Å². The van der Waals surface area contributed by atoms with Crippen LogP contribution in [0.4, 0.5) is 0 Å². The molecule has 0 saturated heterocycles. The minimum absolute atomic E-state index is 0.724. The smallest absolute Gasteiger partial charge is 0.299 e. The molecule has 0 aliphatic heterocycles. The van der Waals surface area contributed by atoms with Crippen molar-refractivity contribution in [3.63, 3.8) is 0 Å². The van der Waals surface area contributed by atoms with Crippen molar-refractivity contribution in [2.45, 2.75) is 0 Å². The number of rotatable bonds is 5. The Bertz CT molecular complexity index is 730. The van der Waals surface area contributed by atoms with Gasteiger partial charge in [0, 0.05) is 10.0 Å². The number of hydrogen-bond donors (Lipinski definition) is 0. The van der Waals surface area contributed by atoms with E-state index >= 15 is 0 Å². The summed E-state index contributed by atoms with van der Waals surface area (Å²) in [4.78, 5) is 0. The lowest BCUT2D eigenvalue weighted by molar-refractivity contribution is 0.550. The second kappa shape index (κ2) is 7.44. The number of hydrogen-bond acceptors (Lipinski definition) is 1. The summed E-state index contributed by atoms with van der Waals surface area (Å²) < 4.78 is 7.43. The van der Waals surface area contributed by atoms with E-state index in [1.807, 2.05) is 36.4 Å². The second-order valence-electron chi connectivity index (χ2n) is 5.25. The first-order chi connectivity index (χ1) is 11.2. The quantitative estimate of drug-likeness (QED) is 0.480. The molecule has 0 aromatic heterocycles. The number of benzene rings is 3. The highest BCUT2D eigenvalue weighted by molar-refractivity contribution is 9.10. The lowest BCUT2D eigenvalue weighted by atomic mass is 10.2. The molecule has 0 spiro atoms. The lowest BCUT2D eigenvalue weighted by Gasteiger charge is -2.20. The summed E-state index contributed by atoms with van der Waals surface area (Å²) in [6.45, 7) is 4.14. The topological polar surface area (TPSA) is 9.23 Å². The summed E-state index contributed by atoms with van der Waals surface area (Å²) in [5, 5.41) is 2.49. The zero-order chi connectivity index (χ0) is 16.1. The van der Waals surface area contributed by atoms with Crippen LogP contribution in [0.15, 0.2) is 96.0 Å². The molecule has 3 aromatic carbocycles.